The molecule has 8 nitrogen and oxygen atoms in total. The van der Waals surface area contributed by atoms with Crippen LogP contribution >= 0.6 is 11.6 Å². The van der Waals surface area contributed by atoms with Gasteiger partial charge < -0.3 is 5.32 Å². The summed E-state index contributed by atoms with van der Waals surface area (Å²) < 4.78 is 0. The quantitative estimate of drug-likeness (QED) is 0.652. The summed E-state index contributed by atoms with van der Waals surface area (Å²) in [5, 5.41) is 11.4. The Morgan fingerprint density at radius 1 is 1.29 bits per heavy atom. The number of amides is 5. The number of benzene rings is 1. The highest BCUT2D eigenvalue weighted by molar-refractivity contribution is 6.45. The summed E-state index contributed by atoms with van der Waals surface area (Å²) in [6, 6.07) is 4.83. The zero-order valence-corrected chi connectivity index (χ0v) is 13.6. The van der Waals surface area contributed by atoms with Crippen LogP contribution in [0.4, 0.5) is 10.5 Å². The van der Waals surface area contributed by atoms with Gasteiger partial charge in [0.25, 0.3) is 0 Å². The summed E-state index contributed by atoms with van der Waals surface area (Å²) in [7, 11) is 0. The maximum absolute atomic E-state index is 12.1. The molecule has 0 spiro atoms. The van der Waals surface area contributed by atoms with Gasteiger partial charge in [-0.2, -0.15) is 5.26 Å². The minimum atomic E-state index is -1.04. The Bertz CT molecular complexity index is 784. The molecule has 0 unspecified atom stereocenters. The number of halogens is 1. The Hall–Kier alpha value is -2.92. The Labute approximate surface area is 142 Å². The van der Waals surface area contributed by atoms with E-state index in [9.17, 15) is 19.2 Å². The standard InChI is InChI=1S/C15H13ClN4O4/c1-8(2)20-14(23)13(22)19(15(20)24)7-12(21)18-10-4-3-9(6-17)11(16)5-10/h3-5,8H,7H2,1-2H3,(H,18,21). The van der Waals surface area contributed by atoms with Crippen molar-refractivity contribution in [1.82, 2.24) is 9.80 Å². The molecule has 0 saturated carbocycles. The van der Waals surface area contributed by atoms with Gasteiger partial charge in [-0.15, -0.1) is 0 Å². The molecule has 1 N–H and O–H groups in total. The first kappa shape index (κ1) is 17.4. The molecule has 0 aliphatic carbocycles. The molecule has 9 heteroatoms. The number of carbonyl (C=O) groups is 4. The van der Waals surface area contributed by atoms with E-state index in [-0.39, 0.29) is 10.6 Å². The van der Waals surface area contributed by atoms with Crippen LogP contribution in [-0.4, -0.2) is 46.1 Å². The summed E-state index contributed by atoms with van der Waals surface area (Å²) in [5.74, 6) is -2.66. The van der Waals surface area contributed by atoms with Crippen LogP contribution in [0.25, 0.3) is 0 Å². The molecule has 1 aromatic rings. The third-order valence-corrected chi connectivity index (χ3v) is 3.59. The lowest BCUT2D eigenvalue weighted by Gasteiger charge is -2.18. The average Bonchev–Trinajstić information content (AvgIpc) is 2.71. The van der Waals surface area contributed by atoms with E-state index in [1.54, 1.807) is 13.8 Å². The predicted octanol–water partition coefficient (Wildman–Crippen LogP) is 1.35. The summed E-state index contributed by atoms with van der Waals surface area (Å²) in [5.41, 5.74) is 0.549. The van der Waals surface area contributed by atoms with Crippen molar-refractivity contribution in [1.29, 1.82) is 5.26 Å². The molecule has 0 atom stereocenters. The van der Waals surface area contributed by atoms with Gasteiger partial charge in [0.15, 0.2) is 0 Å². The van der Waals surface area contributed by atoms with Gasteiger partial charge in [-0.3, -0.25) is 19.3 Å². The number of anilines is 1. The van der Waals surface area contributed by atoms with Gasteiger partial charge in [-0.25, -0.2) is 9.69 Å². The molecule has 0 radical (unpaired) electrons. The number of urea groups is 1. The molecule has 2 rings (SSSR count). The molecule has 1 saturated heterocycles. The highest BCUT2D eigenvalue weighted by Gasteiger charge is 2.46. The molecule has 5 amide bonds. The minimum absolute atomic E-state index is 0.157. The van der Waals surface area contributed by atoms with E-state index in [0.29, 0.717) is 10.6 Å². The van der Waals surface area contributed by atoms with E-state index in [4.69, 9.17) is 16.9 Å². The van der Waals surface area contributed by atoms with Crippen LogP contribution in [0.15, 0.2) is 18.2 Å². The number of nitriles is 1. The molecule has 0 bridgehead atoms. The van der Waals surface area contributed by atoms with Crippen molar-refractivity contribution in [2.24, 2.45) is 0 Å². The normalized spacial score (nSPS) is 14.4. The summed E-state index contributed by atoms with van der Waals surface area (Å²) in [4.78, 5) is 49.1. The van der Waals surface area contributed by atoms with E-state index in [1.807, 2.05) is 6.07 Å². The second-order valence-corrected chi connectivity index (χ2v) is 5.70. The molecule has 124 valence electrons. The van der Waals surface area contributed by atoms with Crippen molar-refractivity contribution in [3.8, 4) is 6.07 Å². The molecular weight excluding hydrogens is 336 g/mol. The van der Waals surface area contributed by atoms with E-state index in [2.05, 4.69) is 5.32 Å². The van der Waals surface area contributed by atoms with Gasteiger partial charge >= 0.3 is 17.8 Å². The lowest BCUT2D eigenvalue weighted by atomic mass is 10.2. The van der Waals surface area contributed by atoms with E-state index < -0.39 is 36.3 Å². The van der Waals surface area contributed by atoms with Gasteiger partial charge in [0.05, 0.1) is 10.6 Å². The molecule has 24 heavy (non-hydrogen) atoms. The zero-order chi connectivity index (χ0) is 18.0. The summed E-state index contributed by atoms with van der Waals surface area (Å²) in [6.45, 7) is 2.58. The van der Waals surface area contributed by atoms with E-state index in [1.165, 1.54) is 18.2 Å². The first-order valence-corrected chi connectivity index (χ1v) is 7.32. The number of rotatable bonds is 4. The van der Waals surface area contributed by atoms with Gasteiger partial charge in [-0.05, 0) is 32.0 Å². The third kappa shape index (κ3) is 3.21. The number of carbonyl (C=O) groups excluding carboxylic acids is 4. The average molecular weight is 349 g/mol. The van der Waals surface area contributed by atoms with Gasteiger partial charge in [-0.1, -0.05) is 11.6 Å². The van der Waals surface area contributed by atoms with Crippen LogP contribution in [-0.2, 0) is 14.4 Å². The second-order valence-electron chi connectivity index (χ2n) is 5.30. The van der Waals surface area contributed by atoms with Crippen LogP contribution in [0.3, 0.4) is 0 Å². The molecule has 1 aliphatic heterocycles. The predicted molar refractivity (Wildman–Crippen MR) is 83.9 cm³/mol. The first-order chi connectivity index (χ1) is 11.3. The Morgan fingerprint density at radius 2 is 1.96 bits per heavy atom. The fourth-order valence-corrected chi connectivity index (χ4v) is 2.37. The van der Waals surface area contributed by atoms with Crippen molar-refractivity contribution in [2.75, 3.05) is 11.9 Å². The van der Waals surface area contributed by atoms with E-state index in [0.717, 1.165) is 4.90 Å². The van der Waals surface area contributed by atoms with Crippen molar-refractivity contribution in [3.05, 3.63) is 28.8 Å². The molecule has 1 aromatic carbocycles. The van der Waals surface area contributed by atoms with Crippen LogP contribution < -0.4 is 5.32 Å². The Morgan fingerprint density at radius 3 is 2.46 bits per heavy atom. The molecule has 1 aliphatic rings. The topological polar surface area (TPSA) is 111 Å². The maximum Gasteiger partial charge on any atom is 0.334 e. The second kappa shape index (κ2) is 6.68. The summed E-state index contributed by atoms with van der Waals surface area (Å²) in [6.07, 6.45) is 0. The van der Waals surface area contributed by atoms with Gasteiger partial charge in [0, 0.05) is 11.7 Å². The largest absolute Gasteiger partial charge is 0.334 e. The van der Waals surface area contributed by atoms with Crippen molar-refractivity contribution < 1.29 is 19.2 Å². The number of nitrogens with one attached hydrogen (secondary N) is 1. The van der Waals surface area contributed by atoms with Crippen molar-refractivity contribution in [3.63, 3.8) is 0 Å². The number of hydrogen-bond donors (Lipinski definition) is 1. The maximum atomic E-state index is 12.1. The van der Waals surface area contributed by atoms with Gasteiger partial charge in [0.2, 0.25) is 5.91 Å². The minimum Gasteiger partial charge on any atom is -0.324 e. The fourth-order valence-electron chi connectivity index (χ4n) is 2.14. The van der Waals surface area contributed by atoms with Crippen LogP contribution in [0.1, 0.15) is 19.4 Å². The monoisotopic (exact) mass is 348 g/mol. The zero-order valence-electron chi connectivity index (χ0n) is 12.9. The SMILES string of the molecule is CC(C)N1C(=O)C(=O)N(CC(=O)Nc2ccc(C#N)c(Cl)c2)C1=O. The van der Waals surface area contributed by atoms with Crippen LogP contribution in [0.5, 0.6) is 0 Å². The highest BCUT2D eigenvalue weighted by Crippen LogP contribution is 2.20. The van der Waals surface area contributed by atoms with Crippen molar-refractivity contribution in [2.45, 2.75) is 19.9 Å². The molecule has 1 fully saturated rings. The highest BCUT2D eigenvalue weighted by atomic mass is 35.5. The molecule has 1 heterocycles. The smallest absolute Gasteiger partial charge is 0.324 e. The molecular formula is C15H13ClN4O4. The Balaban J connectivity index is 2.09. The van der Waals surface area contributed by atoms with Crippen LogP contribution in [0, 0.1) is 11.3 Å². The van der Waals surface area contributed by atoms with E-state index >= 15 is 0 Å². The number of hydrogen-bond acceptors (Lipinski definition) is 5. The Kier molecular flexibility index (Phi) is 4.85. The van der Waals surface area contributed by atoms with Gasteiger partial charge in [0.1, 0.15) is 12.6 Å². The first-order valence-electron chi connectivity index (χ1n) is 6.94. The number of nitrogens with zero attached hydrogens (tertiary/aromatic N) is 3. The lowest BCUT2D eigenvalue weighted by Crippen LogP contribution is -2.40. The molecule has 0 aromatic heterocycles. The summed E-state index contributed by atoms with van der Waals surface area (Å²) >= 11 is 5.86. The van der Waals surface area contributed by atoms with Crippen LogP contribution in [0.2, 0.25) is 5.02 Å². The number of imide groups is 2. The fraction of sp³-hybridized carbons (Fsp3) is 0.267. The van der Waals surface area contributed by atoms with Crippen molar-refractivity contribution >= 4 is 41.0 Å². The third-order valence-electron chi connectivity index (χ3n) is 3.28. The lowest BCUT2D eigenvalue weighted by molar-refractivity contribution is -0.144.